The van der Waals surface area contributed by atoms with Crippen LogP contribution in [0.3, 0.4) is 0 Å². The number of hydrogen-bond donors (Lipinski definition) is 1. The Hall–Kier alpha value is -2.30. The third-order valence-electron chi connectivity index (χ3n) is 3.23. The summed E-state index contributed by atoms with van der Waals surface area (Å²) in [5, 5.41) is 3.11. The van der Waals surface area contributed by atoms with Crippen LogP contribution >= 0.6 is 0 Å². The molecule has 5 heteroatoms. The van der Waals surface area contributed by atoms with Crippen molar-refractivity contribution >= 4 is 5.69 Å². The molecule has 3 nitrogen and oxygen atoms in total. The molecule has 0 aliphatic heterocycles. The van der Waals surface area contributed by atoms with Gasteiger partial charge in [-0.1, -0.05) is 12.1 Å². The monoisotopic (exact) mass is 293 g/mol. The van der Waals surface area contributed by atoms with E-state index in [0.29, 0.717) is 17.2 Å². The van der Waals surface area contributed by atoms with Crippen LogP contribution in [0.4, 0.5) is 14.5 Å². The Morgan fingerprint density at radius 1 is 1.05 bits per heavy atom. The number of hydrogen-bond acceptors (Lipinski definition) is 3. The smallest absolute Gasteiger partial charge is 0.164 e. The molecule has 21 heavy (non-hydrogen) atoms. The van der Waals surface area contributed by atoms with Crippen LogP contribution in [-0.4, -0.2) is 14.2 Å². The standard InChI is InChI=1S/C16H17F2NO2/c1-10(12-5-4-6-13(17)16(12)18)19-14-9-11(20-2)7-8-15(14)21-3/h4-10,19H,1-3H3. The molecular weight excluding hydrogens is 276 g/mol. The first-order valence-electron chi connectivity index (χ1n) is 6.49. The average molecular weight is 293 g/mol. The first-order chi connectivity index (χ1) is 10.1. The van der Waals surface area contributed by atoms with Crippen molar-refractivity contribution in [2.24, 2.45) is 0 Å². The fourth-order valence-corrected chi connectivity index (χ4v) is 2.09. The number of nitrogens with one attached hydrogen (secondary N) is 1. The first-order valence-corrected chi connectivity index (χ1v) is 6.49. The third kappa shape index (κ3) is 3.24. The molecule has 0 aromatic heterocycles. The van der Waals surface area contributed by atoms with Crippen molar-refractivity contribution in [1.29, 1.82) is 0 Å². The van der Waals surface area contributed by atoms with Crippen LogP contribution in [0, 0.1) is 11.6 Å². The minimum absolute atomic E-state index is 0.250. The van der Waals surface area contributed by atoms with Crippen LogP contribution in [0.2, 0.25) is 0 Å². The lowest BCUT2D eigenvalue weighted by Crippen LogP contribution is -2.10. The highest BCUT2D eigenvalue weighted by Gasteiger charge is 2.16. The SMILES string of the molecule is COc1ccc(OC)c(NC(C)c2cccc(F)c2F)c1. The number of methoxy groups -OCH3 is 2. The zero-order chi connectivity index (χ0) is 15.4. The fourth-order valence-electron chi connectivity index (χ4n) is 2.09. The summed E-state index contributed by atoms with van der Waals surface area (Å²) in [6, 6.07) is 8.94. The summed E-state index contributed by atoms with van der Waals surface area (Å²) < 4.78 is 37.5. The van der Waals surface area contributed by atoms with Crippen molar-refractivity contribution in [2.75, 3.05) is 19.5 Å². The first kappa shape index (κ1) is 15.1. The fraction of sp³-hybridized carbons (Fsp3) is 0.250. The lowest BCUT2D eigenvalue weighted by atomic mass is 10.1. The van der Waals surface area contributed by atoms with Crippen LogP contribution in [0.5, 0.6) is 11.5 Å². The van der Waals surface area contributed by atoms with Crippen LogP contribution in [0.1, 0.15) is 18.5 Å². The normalized spacial score (nSPS) is 11.9. The van der Waals surface area contributed by atoms with Crippen LogP contribution in [-0.2, 0) is 0 Å². The summed E-state index contributed by atoms with van der Waals surface area (Å²) >= 11 is 0. The summed E-state index contributed by atoms with van der Waals surface area (Å²) in [5.41, 5.74) is 0.896. The van der Waals surface area contributed by atoms with Gasteiger partial charge in [0.25, 0.3) is 0 Å². The predicted octanol–water partition coefficient (Wildman–Crippen LogP) is 4.16. The minimum Gasteiger partial charge on any atom is -0.497 e. The maximum absolute atomic E-state index is 13.8. The summed E-state index contributed by atoms with van der Waals surface area (Å²) in [4.78, 5) is 0. The van der Waals surface area contributed by atoms with Gasteiger partial charge in [-0.05, 0) is 25.1 Å². The molecule has 0 saturated heterocycles. The number of anilines is 1. The maximum atomic E-state index is 13.8. The maximum Gasteiger partial charge on any atom is 0.164 e. The van der Waals surface area contributed by atoms with E-state index in [1.165, 1.54) is 6.07 Å². The second-order valence-electron chi connectivity index (χ2n) is 4.58. The summed E-state index contributed by atoms with van der Waals surface area (Å²) in [7, 11) is 3.10. The van der Waals surface area contributed by atoms with Crippen molar-refractivity contribution in [3.8, 4) is 11.5 Å². The number of ether oxygens (including phenoxy) is 2. The molecule has 0 radical (unpaired) electrons. The molecule has 0 saturated carbocycles. The topological polar surface area (TPSA) is 30.5 Å². The van der Waals surface area contributed by atoms with Gasteiger partial charge in [0.1, 0.15) is 11.5 Å². The van der Waals surface area contributed by atoms with Gasteiger partial charge in [-0.2, -0.15) is 0 Å². The highest BCUT2D eigenvalue weighted by Crippen LogP contribution is 2.32. The summed E-state index contributed by atoms with van der Waals surface area (Å²) in [5.74, 6) is -0.470. The Morgan fingerprint density at radius 2 is 1.81 bits per heavy atom. The molecule has 0 fully saturated rings. The van der Waals surface area contributed by atoms with Gasteiger partial charge in [0.05, 0.1) is 25.9 Å². The van der Waals surface area contributed by atoms with Gasteiger partial charge >= 0.3 is 0 Å². The second-order valence-corrected chi connectivity index (χ2v) is 4.58. The van der Waals surface area contributed by atoms with Crippen molar-refractivity contribution in [1.82, 2.24) is 0 Å². The molecular formula is C16H17F2NO2. The van der Waals surface area contributed by atoms with Gasteiger partial charge in [-0.15, -0.1) is 0 Å². The second kappa shape index (κ2) is 6.43. The molecule has 0 spiro atoms. The van der Waals surface area contributed by atoms with E-state index in [1.807, 2.05) is 0 Å². The van der Waals surface area contributed by atoms with Gasteiger partial charge in [-0.25, -0.2) is 8.78 Å². The van der Waals surface area contributed by atoms with Gasteiger partial charge < -0.3 is 14.8 Å². The van der Waals surface area contributed by atoms with E-state index in [9.17, 15) is 8.78 Å². The van der Waals surface area contributed by atoms with Gasteiger partial charge in [0, 0.05) is 11.6 Å². The molecule has 1 N–H and O–H groups in total. The molecule has 0 bridgehead atoms. The molecule has 112 valence electrons. The minimum atomic E-state index is -0.862. The number of halogens is 2. The molecule has 0 aliphatic carbocycles. The molecule has 0 amide bonds. The Morgan fingerprint density at radius 3 is 2.48 bits per heavy atom. The van der Waals surface area contributed by atoms with Crippen molar-refractivity contribution in [2.45, 2.75) is 13.0 Å². The van der Waals surface area contributed by atoms with E-state index in [1.54, 1.807) is 45.4 Å². The molecule has 2 aromatic carbocycles. The Bertz CT molecular complexity index is 632. The van der Waals surface area contributed by atoms with E-state index < -0.39 is 17.7 Å². The molecule has 1 atom stereocenters. The lowest BCUT2D eigenvalue weighted by Gasteiger charge is -2.19. The van der Waals surface area contributed by atoms with Crippen molar-refractivity contribution in [3.63, 3.8) is 0 Å². The van der Waals surface area contributed by atoms with E-state index >= 15 is 0 Å². The molecule has 2 aromatic rings. The zero-order valence-corrected chi connectivity index (χ0v) is 12.1. The van der Waals surface area contributed by atoms with E-state index in [0.717, 1.165) is 6.07 Å². The van der Waals surface area contributed by atoms with E-state index in [2.05, 4.69) is 5.32 Å². The average Bonchev–Trinajstić information content (AvgIpc) is 2.49. The summed E-state index contributed by atoms with van der Waals surface area (Å²) in [6.07, 6.45) is 0. The molecule has 2 rings (SSSR count). The van der Waals surface area contributed by atoms with E-state index in [-0.39, 0.29) is 5.56 Å². The van der Waals surface area contributed by atoms with Gasteiger partial charge in [-0.3, -0.25) is 0 Å². The summed E-state index contributed by atoms with van der Waals surface area (Å²) in [6.45, 7) is 1.75. The van der Waals surface area contributed by atoms with Crippen molar-refractivity contribution < 1.29 is 18.3 Å². The van der Waals surface area contributed by atoms with Crippen molar-refractivity contribution in [3.05, 3.63) is 53.6 Å². The Labute approximate surface area is 122 Å². The predicted molar refractivity (Wildman–Crippen MR) is 77.9 cm³/mol. The van der Waals surface area contributed by atoms with Crippen LogP contribution in [0.25, 0.3) is 0 Å². The molecule has 1 unspecified atom stereocenters. The molecule has 0 heterocycles. The number of benzene rings is 2. The highest BCUT2D eigenvalue weighted by atomic mass is 19.2. The Kier molecular flexibility index (Phi) is 4.62. The van der Waals surface area contributed by atoms with Gasteiger partial charge in [0.2, 0.25) is 0 Å². The molecule has 0 aliphatic rings. The van der Waals surface area contributed by atoms with Crippen LogP contribution < -0.4 is 14.8 Å². The zero-order valence-electron chi connectivity index (χ0n) is 12.1. The lowest BCUT2D eigenvalue weighted by molar-refractivity contribution is 0.404. The van der Waals surface area contributed by atoms with E-state index in [4.69, 9.17) is 9.47 Å². The highest BCUT2D eigenvalue weighted by molar-refractivity contribution is 5.60. The Balaban J connectivity index is 2.30. The number of rotatable bonds is 5. The van der Waals surface area contributed by atoms with Crippen LogP contribution in [0.15, 0.2) is 36.4 Å². The largest absolute Gasteiger partial charge is 0.497 e. The third-order valence-corrected chi connectivity index (χ3v) is 3.23. The van der Waals surface area contributed by atoms with Gasteiger partial charge in [0.15, 0.2) is 11.6 Å². The quantitative estimate of drug-likeness (QED) is 0.898.